The molecule has 3 heteroatoms. The maximum atomic E-state index is 11.6. The van der Waals surface area contributed by atoms with Gasteiger partial charge in [0.05, 0.1) is 12.1 Å². The minimum Gasteiger partial charge on any atom is -0.348 e. The van der Waals surface area contributed by atoms with Crippen LogP contribution >= 0.6 is 0 Å². The molecule has 0 radical (unpaired) electrons. The quantitative estimate of drug-likeness (QED) is 0.814. The summed E-state index contributed by atoms with van der Waals surface area (Å²) in [7, 11) is 0. The van der Waals surface area contributed by atoms with Crippen LogP contribution in [0, 0.1) is 6.92 Å². The molecule has 0 bridgehead atoms. The van der Waals surface area contributed by atoms with Gasteiger partial charge in [0, 0.05) is 0 Å². The van der Waals surface area contributed by atoms with Crippen LogP contribution in [-0.4, -0.2) is 11.9 Å². The van der Waals surface area contributed by atoms with Crippen LogP contribution < -0.4 is 11.1 Å². The van der Waals surface area contributed by atoms with Gasteiger partial charge < -0.3 is 11.1 Å². The van der Waals surface area contributed by atoms with Gasteiger partial charge in [0.15, 0.2) is 0 Å². The van der Waals surface area contributed by atoms with Crippen LogP contribution in [0.4, 0.5) is 0 Å². The van der Waals surface area contributed by atoms with Crippen LogP contribution in [0.25, 0.3) is 0 Å². The smallest absolute Gasteiger partial charge is 0.237 e. The molecule has 0 spiro atoms. The molecule has 0 aliphatic heterocycles. The molecule has 1 amide bonds. The van der Waals surface area contributed by atoms with Crippen LogP contribution in [-0.2, 0) is 4.79 Å². The normalized spacial score (nSPS) is 14.2. The van der Waals surface area contributed by atoms with Gasteiger partial charge in [0.25, 0.3) is 0 Å². The first-order chi connectivity index (χ1) is 7.56. The third-order valence-electron chi connectivity index (χ3n) is 2.79. The minimum absolute atomic E-state index is 0.00583. The fourth-order valence-corrected chi connectivity index (χ4v) is 1.66. The summed E-state index contributed by atoms with van der Waals surface area (Å²) in [6, 6.07) is 7.63. The van der Waals surface area contributed by atoms with Gasteiger partial charge >= 0.3 is 0 Å². The Morgan fingerprint density at radius 2 is 2.06 bits per heavy atom. The first-order valence-electron chi connectivity index (χ1n) is 5.67. The predicted octanol–water partition coefficient (Wildman–Crippen LogP) is 1.91. The summed E-state index contributed by atoms with van der Waals surface area (Å²) >= 11 is 0. The van der Waals surface area contributed by atoms with E-state index in [1.54, 1.807) is 0 Å². The van der Waals surface area contributed by atoms with E-state index in [1.165, 1.54) is 5.56 Å². The van der Waals surface area contributed by atoms with Gasteiger partial charge in [-0.2, -0.15) is 0 Å². The molecule has 1 aromatic rings. The van der Waals surface area contributed by atoms with E-state index in [9.17, 15) is 4.79 Å². The van der Waals surface area contributed by atoms with Gasteiger partial charge in [-0.1, -0.05) is 31.2 Å². The maximum absolute atomic E-state index is 11.6. The van der Waals surface area contributed by atoms with Crippen LogP contribution in [0.2, 0.25) is 0 Å². The number of carbonyl (C=O) groups excluding carboxylic acids is 1. The molecule has 0 aliphatic rings. The molecule has 0 saturated heterocycles. The van der Waals surface area contributed by atoms with Crippen molar-refractivity contribution < 1.29 is 4.79 Å². The second-order valence-electron chi connectivity index (χ2n) is 4.10. The van der Waals surface area contributed by atoms with Crippen molar-refractivity contribution in [2.45, 2.75) is 39.3 Å². The summed E-state index contributed by atoms with van der Waals surface area (Å²) in [6.45, 7) is 5.92. The summed E-state index contributed by atoms with van der Waals surface area (Å²) in [5.74, 6) is -0.0850. The van der Waals surface area contributed by atoms with Crippen molar-refractivity contribution in [2.24, 2.45) is 5.73 Å². The van der Waals surface area contributed by atoms with E-state index in [0.717, 1.165) is 5.56 Å². The molecule has 0 saturated carbocycles. The van der Waals surface area contributed by atoms with E-state index in [1.807, 2.05) is 45.0 Å². The third-order valence-corrected chi connectivity index (χ3v) is 2.79. The topological polar surface area (TPSA) is 55.1 Å². The van der Waals surface area contributed by atoms with E-state index in [0.29, 0.717) is 6.42 Å². The van der Waals surface area contributed by atoms with Gasteiger partial charge in [-0.15, -0.1) is 0 Å². The van der Waals surface area contributed by atoms with Gasteiger partial charge in [-0.05, 0) is 31.4 Å². The Morgan fingerprint density at radius 1 is 1.44 bits per heavy atom. The van der Waals surface area contributed by atoms with E-state index in [4.69, 9.17) is 5.73 Å². The Labute approximate surface area is 97.0 Å². The number of benzene rings is 1. The van der Waals surface area contributed by atoms with E-state index in [2.05, 4.69) is 5.32 Å². The third kappa shape index (κ3) is 3.07. The Balaban J connectivity index is 2.69. The van der Waals surface area contributed by atoms with Crippen molar-refractivity contribution in [1.82, 2.24) is 5.32 Å². The molecule has 16 heavy (non-hydrogen) atoms. The van der Waals surface area contributed by atoms with Crippen molar-refractivity contribution in [2.75, 3.05) is 0 Å². The van der Waals surface area contributed by atoms with Crippen molar-refractivity contribution in [1.29, 1.82) is 0 Å². The van der Waals surface area contributed by atoms with Crippen molar-refractivity contribution in [3.8, 4) is 0 Å². The SMILES string of the molecule is CC[C@@H](N)C(=O)N[C@@H](C)c1ccccc1C. The Kier molecular flexibility index (Phi) is 4.50. The van der Waals surface area contributed by atoms with Crippen molar-refractivity contribution in [3.63, 3.8) is 0 Å². The molecule has 0 aromatic heterocycles. The molecule has 0 heterocycles. The maximum Gasteiger partial charge on any atom is 0.237 e. The number of rotatable bonds is 4. The Bertz CT molecular complexity index is 363. The highest BCUT2D eigenvalue weighted by molar-refractivity contribution is 5.81. The lowest BCUT2D eigenvalue weighted by Gasteiger charge is -2.18. The van der Waals surface area contributed by atoms with E-state index >= 15 is 0 Å². The molecular formula is C13H20N2O. The predicted molar refractivity (Wildman–Crippen MR) is 66.0 cm³/mol. The number of amides is 1. The van der Waals surface area contributed by atoms with Crippen LogP contribution in [0.3, 0.4) is 0 Å². The second-order valence-corrected chi connectivity index (χ2v) is 4.10. The highest BCUT2D eigenvalue weighted by Gasteiger charge is 2.15. The molecule has 1 rings (SSSR count). The molecule has 0 aliphatic carbocycles. The monoisotopic (exact) mass is 220 g/mol. The molecule has 0 fully saturated rings. The molecule has 2 atom stereocenters. The van der Waals surface area contributed by atoms with Crippen molar-refractivity contribution >= 4 is 5.91 Å². The second kappa shape index (κ2) is 5.66. The zero-order valence-corrected chi connectivity index (χ0v) is 10.2. The summed E-state index contributed by atoms with van der Waals surface area (Å²) in [4.78, 5) is 11.6. The number of nitrogens with one attached hydrogen (secondary N) is 1. The Hall–Kier alpha value is -1.35. The fourth-order valence-electron chi connectivity index (χ4n) is 1.66. The summed E-state index contributed by atoms with van der Waals surface area (Å²) < 4.78 is 0. The van der Waals surface area contributed by atoms with Gasteiger partial charge in [0.1, 0.15) is 0 Å². The first-order valence-corrected chi connectivity index (χ1v) is 5.67. The minimum atomic E-state index is -0.411. The number of hydrogen-bond donors (Lipinski definition) is 2. The molecule has 3 nitrogen and oxygen atoms in total. The lowest BCUT2D eigenvalue weighted by Crippen LogP contribution is -2.41. The highest BCUT2D eigenvalue weighted by Crippen LogP contribution is 2.16. The summed E-state index contributed by atoms with van der Waals surface area (Å²) in [5, 5.41) is 2.92. The lowest BCUT2D eigenvalue weighted by molar-refractivity contribution is -0.123. The fraction of sp³-hybridized carbons (Fsp3) is 0.462. The van der Waals surface area contributed by atoms with Gasteiger partial charge in [-0.25, -0.2) is 0 Å². The largest absolute Gasteiger partial charge is 0.348 e. The van der Waals surface area contributed by atoms with Gasteiger partial charge in [0.2, 0.25) is 5.91 Å². The molecule has 0 unspecified atom stereocenters. The average Bonchev–Trinajstić information content (AvgIpc) is 2.28. The van der Waals surface area contributed by atoms with Crippen molar-refractivity contribution in [3.05, 3.63) is 35.4 Å². The number of hydrogen-bond acceptors (Lipinski definition) is 2. The molecule has 3 N–H and O–H groups in total. The van der Waals surface area contributed by atoms with Crippen LogP contribution in [0.5, 0.6) is 0 Å². The first kappa shape index (κ1) is 12.7. The number of aryl methyl sites for hydroxylation is 1. The number of carbonyl (C=O) groups is 1. The zero-order valence-electron chi connectivity index (χ0n) is 10.2. The van der Waals surface area contributed by atoms with E-state index in [-0.39, 0.29) is 11.9 Å². The van der Waals surface area contributed by atoms with Crippen LogP contribution in [0.1, 0.15) is 37.4 Å². The van der Waals surface area contributed by atoms with E-state index < -0.39 is 6.04 Å². The molecular weight excluding hydrogens is 200 g/mol. The standard InChI is InChI=1S/C13H20N2O/c1-4-12(14)13(16)15-10(3)11-8-6-5-7-9(11)2/h5-8,10,12H,4,14H2,1-3H3,(H,15,16)/t10-,12+/m0/s1. The average molecular weight is 220 g/mol. The number of nitrogens with two attached hydrogens (primary N) is 1. The Morgan fingerprint density at radius 3 is 2.62 bits per heavy atom. The molecule has 88 valence electrons. The lowest BCUT2D eigenvalue weighted by atomic mass is 10.0. The highest BCUT2D eigenvalue weighted by atomic mass is 16.2. The molecule has 1 aromatic carbocycles. The zero-order chi connectivity index (χ0) is 12.1. The van der Waals surface area contributed by atoms with Gasteiger partial charge in [-0.3, -0.25) is 4.79 Å². The van der Waals surface area contributed by atoms with Crippen LogP contribution in [0.15, 0.2) is 24.3 Å². The summed E-state index contributed by atoms with van der Waals surface area (Å²) in [5.41, 5.74) is 7.99. The summed E-state index contributed by atoms with van der Waals surface area (Å²) in [6.07, 6.45) is 0.659.